The van der Waals surface area contributed by atoms with Crippen molar-refractivity contribution in [2.45, 2.75) is 12.8 Å². The minimum Gasteiger partial charge on any atom is -0.497 e. The average molecular weight is 554 g/mol. The topological polar surface area (TPSA) is 144 Å². The van der Waals surface area contributed by atoms with Gasteiger partial charge in [0.05, 0.1) is 13.3 Å². The molecule has 0 spiro atoms. The summed E-state index contributed by atoms with van der Waals surface area (Å²) in [6.45, 7) is 1.97. The van der Waals surface area contributed by atoms with Crippen molar-refractivity contribution in [3.8, 4) is 11.4 Å². The van der Waals surface area contributed by atoms with Crippen LogP contribution in [-0.4, -0.2) is 53.1 Å². The van der Waals surface area contributed by atoms with Crippen molar-refractivity contribution in [2.24, 2.45) is 11.7 Å². The van der Waals surface area contributed by atoms with Gasteiger partial charge < -0.3 is 26.0 Å². The third-order valence-electron chi connectivity index (χ3n) is 6.97. The molecule has 41 heavy (non-hydrogen) atoms. The summed E-state index contributed by atoms with van der Waals surface area (Å²) in [7, 11) is 1.59. The van der Waals surface area contributed by atoms with Crippen molar-refractivity contribution >= 4 is 29.1 Å². The standard InChI is InChI=1S/C30H31N7O4/c1-41-24-13-7-21(8-14-24)30(40)33-17-20-5-4-15-36(19-20)25-18-32-27(28(31)39)29(35-25)34-22-9-11-23(12-10-22)37-16-3-2-6-26(37)38/h2-3,6-14,16,18,20H,4-5,15,17,19H2,1H3,(H2,31,39)(H,33,40)(H,34,35). The minimum absolute atomic E-state index is 0.0254. The molecule has 5 rings (SSSR count). The molecule has 1 aliphatic rings. The Labute approximate surface area is 237 Å². The van der Waals surface area contributed by atoms with E-state index in [2.05, 4.69) is 20.5 Å². The Bertz CT molecular complexity index is 1590. The lowest BCUT2D eigenvalue weighted by molar-refractivity contribution is 0.0944. The van der Waals surface area contributed by atoms with E-state index in [1.807, 2.05) is 0 Å². The number of nitrogens with zero attached hydrogens (tertiary/aromatic N) is 4. The third kappa shape index (κ3) is 6.52. The van der Waals surface area contributed by atoms with Gasteiger partial charge in [-0.2, -0.15) is 0 Å². The predicted molar refractivity (Wildman–Crippen MR) is 156 cm³/mol. The van der Waals surface area contributed by atoms with Crippen LogP contribution < -0.4 is 31.6 Å². The largest absolute Gasteiger partial charge is 0.497 e. The maximum absolute atomic E-state index is 12.6. The van der Waals surface area contributed by atoms with Gasteiger partial charge in [0.15, 0.2) is 11.5 Å². The second kappa shape index (κ2) is 12.3. The molecule has 0 radical (unpaired) electrons. The first-order valence-electron chi connectivity index (χ1n) is 13.3. The van der Waals surface area contributed by atoms with Crippen LogP contribution in [0.4, 0.5) is 17.3 Å². The van der Waals surface area contributed by atoms with Crippen LogP contribution in [0.3, 0.4) is 0 Å². The fourth-order valence-electron chi connectivity index (χ4n) is 4.80. The normalized spacial score (nSPS) is 14.8. The molecular weight excluding hydrogens is 522 g/mol. The molecule has 1 fully saturated rings. The van der Waals surface area contributed by atoms with E-state index in [0.29, 0.717) is 41.6 Å². The van der Waals surface area contributed by atoms with Crippen LogP contribution in [0.5, 0.6) is 5.75 Å². The first-order chi connectivity index (χ1) is 19.9. The highest BCUT2D eigenvalue weighted by Gasteiger charge is 2.24. The van der Waals surface area contributed by atoms with E-state index in [-0.39, 0.29) is 28.9 Å². The van der Waals surface area contributed by atoms with Crippen molar-refractivity contribution in [2.75, 3.05) is 37.0 Å². The van der Waals surface area contributed by atoms with Gasteiger partial charge in [-0.3, -0.25) is 19.0 Å². The summed E-state index contributed by atoms with van der Waals surface area (Å²) < 4.78 is 6.69. The number of carbonyl (C=O) groups excluding carboxylic acids is 2. The number of carbonyl (C=O) groups is 2. The number of nitrogens with one attached hydrogen (secondary N) is 2. The number of aromatic nitrogens is 3. The van der Waals surface area contributed by atoms with Crippen LogP contribution in [0.2, 0.25) is 0 Å². The molecule has 2 aromatic carbocycles. The number of primary amides is 1. The van der Waals surface area contributed by atoms with Gasteiger partial charge in [-0.1, -0.05) is 6.07 Å². The summed E-state index contributed by atoms with van der Waals surface area (Å²) >= 11 is 0. The Morgan fingerprint density at radius 2 is 1.85 bits per heavy atom. The second-order valence-electron chi connectivity index (χ2n) is 9.76. The van der Waals surface area contributed by atoms with Crippen LogP contribution in [0.1, 0.15) is 33.7 Å². The zero-order valence-corrected chi connectivity index (χ0v) is 22.6. The van der Waals surface area contributed by atoms with Crippen LogP contribution >= 0.6 is 0 Å². The Balaban J connectivity index is 1.27. The number of pyridine rings is 1. The molecule has 1 aliphatic heterocycles. The zero-order valence-electron chi connectivity index (χ0n) is 22.6. The van der Waals surface area contributed by atoms with E-state index in [4.69, 9.17) is 15.5 Å². The van der Waals surface area contributed by atoms with Crippen molar-refractivity contribution in [3.05, 3.63) is 101 Å². The Hall–Kier alpha value is -5.19. The van der Waals surface area contributed by atoms with Gasteiger partial charge in [0.25, 0.3) is 17.4 Å². The lowest BCUT2D eigenvalue weighted by Gasteiger charge is -2.33. The van der Waals surface area contributed by atoms with Crippen molar-refractivity contribution in [3.63, 3.8) is 0 Å². The third-order valence-corrected chi connectivity index (χ3v) is 6.97. The number of amides is 2. The summed E-state index contributed by atoms with van der Waals surface area (Å²) in [4.78, 5) is 48.0. The van der Waals surface area contributed by atoms with Gasteiger partial charge >= 0.3 is 0 Å². The van der Waals surface area contributed by atoms with Crippen LogP contribution in [0.25, 0.3) is 5.69 Å². The Kier molecular flexibility index (Phi) is 8.23. The molecule has 2 aromatic heterocycles. The number of rotatable bonds is 9. The van der Waals surface area contributed by atoms with Crippen LogP contribution in [-0.2, 0) is 0 Å². The van der Waals surface area contributed by atoms with E-state index in [0.717, 1.165) is 19.4 Å². The van der Waals surface area contributed by atoms with Crippen LogP contribution in [0, 0.1) is 5.92 Å². The lowest BCUT2D eigenvalue weighted by Crippen LogP contribution is -2.41. The number of benzene rings is 2. The molecule has 1 saturated heterocycles. The molecular formula is C30H31N7O4. The summed E-state index contributed by atoms with van der Waals surface area (Å²) in [6, 6.07) is 19.1. The van der Waals surface area contributed by atoms with E-state index >= 15 is 0 Å². The van der Waals surface area contributed by atoms with Crippen molar-refractivity contribution in [1.29, 1.82) is 0 Å². The molecule has 1 unspecified atom stereocenters. The molecule has 0 bridgehead atoms. The van der Waals surface area contributed by atoms with Gasteiger partial charge in [-0.25, -0.2) is 9.97 Å². The van der Waals surface area contributed by atoms with Gasteiger partial charge in [-0.05, 0) is 73.4 Å². The molecule has 0 saturated carbocycles. The molecule has 11 nitrogen and oxygen atoms in total. The summed E-state index contributed by atoms with van der Waals surface area (Å²) in [6.07, 6.45) is 5.13. The maximum Gasteiger partial charge on any atom is 0.271 e. The van der Waals surface area contributed by atoms with E-state index < -0.39 is 5.91 Å². The van der Waals surface area contributed by atoms with Gasteiger partial charge in [0.1, 0.15) is 11.6 Å². The number of anilines is 3. The number of methoxy groups -OCH3 is 1. The minimum atomic E-state index is -0.697. The van der Waals surface area contributed by atoms with Gasteiger partial charge in [-0.15, -0.1) is 0 Å². The first-order valence-corrected chi connectivity index (χ1v) is 13.3. The van der Waals surface area contributed by atoms with E-state index in [9.17, 15) is 14.4 Å². The van der Waals surface area contributed by atoms with E-state index in [1.165, 1.54) is 10.6 Å². The molecule has 11 heteroatoms. The quantitative estimate of drug-likeness (QED) is 0.287. The molecule has 210 valence electrons. The van der Waals surface area contributed by atoms with Crippen molar-refractivity contribution in [1.82, 2.24) is 19.9 Å². The smallest absolute Gasteiger partial charge is 0.271 e. The highest BCUT2D eigenvalue weighted by Crippen LogP contribution is 2.25. The second-order valence-corrected chi connectivity index (χ2v) is 9.76. The number of hydrogen-bond donors (Lipinski definition) is 3. The first kappa shape index (κ1) is 27.4. The molecule has 0 aliphatic carbocycles. The van der Waals surface area contributed by atoms with E-state index in [1.54, 1.807) is 80.2 Å². The molecule has 2 amide bonds. The monoisotopic (exact) mass is 553 g/mol. The molecule has 4 aromatic rings. The van der Waals surface area contributed by atoms with Crippen molar-refractivity contribution < 1.29 is 14.3 Å². The Morgan fingerprint density at radius 3 is 2.56 bits per heavy atom. The van der Waals surface area contributed by atoms with Gasteiger partial charge in [0.2, 0.25) is 0 Å². The molecule has 3 heterocycles. The number of nitrogens with two attached hydrogens (primary N) is 1. The fourth-order valence-corrected chi connectivity index (χ4v) is 4.80. The summed E-state index contributed by atoms with van der Waals surface area (Å²) in [5.41, 5.74) is 7.41. The maximum atomic E-state index is 12.6. The molecule has 4 N–H and O–H groups in total. The zero-order chi connectivity index (χ0) is 28.8. The summed E-state index contributed by atoms with van der Waals surface area (Å²) in [5.74, 6) is 0.934. The SMILES string of the molecule is COc1ccc(C(=O)NCC2CCCN(c3cnc(C(N)=O)c(Nc4ccc(-n5ccccc5=O)cc4)n3)C2)cc1. The van der Waals surface area contributed by atoms with Gasteiger partial charge in [0, 0.05) is 48.8 Å². The number of piperidine rings is 1. The highest BCUT2D eigenvalue weighted by atomic mass is 16.5. The number of hydrogen-bond acceptors (Lipinski definition) is 8. The average Bonchev–Trinajstić information content (AvgIpc) is 3.00. The summed E-state index contributed by atoms with van der Waals surface area (Å²) in [5, 5.41) is 6.18. The fraction of sp³-hybridized carbons (Fsp3) is 0.233. The number of ether oxygens (including phenoxy) is 1. The predicted octanol–water partition coefficient (Wildman–Crippen LogP) is 3.13. The highest BCUT2D eigenvalue weighted by molar-refractivity contribution is 5.96. The molecule has 1 atom stereocenters. The van der Waals surface area contributed by atoms with Crippen LogP contribution in [0.15, 0.2) is 83.9 Å². The lowest BCUT2D eigenvalue weighted by atomic mass is 9.98. The Morgan fingerprint density at radius 1 is 1.07 bits per heavy atom.